The van der Waals surface area contributed by atoms with Crippen molar-refractivity contribution in [3.05, 3.63) is 71.5 Å². The second kappa shape index (κ2) is 7.27. The first kappa shape index (κ1) is 16.9. The van der Waals surface area contributed by atoms with Gasteiger partial charge in [0.25, 0.3) is 0 Å². The Kier molecular flexibility index (Phi) is 4.90. The molecule has 25 heavy (non-hydrogen) atoms. The minimum Gasteiger partial charge on any atom is -0.481 e. The van der Waals surface area contributed by atoms with E-state index in [0.29, 0.717) is 16.5 Å². The van der Waals surface area contributed by atoms with Crippen LogP contribution in [0.1, 0.15) is 11.4 Å². The van der Waals surface area contributed by atoms with Gasteiger partial charge in [0.2, 0.25) is 5.88 Å². The van der Waals surface area contributed by atoms with E-state index in [1.165, 1.54) is 6.20 Å². The normalized spacial score (nSPS) is 12.0. The molecule has 0 saturated carbocycles. The van der Waals surface area contributed by atoms with Crippen molar-refractivity contribution in [1.82, 2.24) is 14.4 Å². The highest BCUT2D eigenvalue weighted by Gasteiger charge is 2.13. The van der Waals surface area contributed by atoms with Crippen LogP contribution < -0.4 is 15.8 Å². The van der Waals surface area contributed by atoms with Gasteiger partial charge in [0.15, 0.2) is 5.65 Å². The summed E-state index contributed by atoms with van der Waals surface area (Å²) in [7, 11) is 1.58. The number of nitrogens with one attached hydrogen (secondary N) is 1. The van der Waals surface area contributed by atoms with Crippen molar-refractivity contribution in [3.63, 3.8) is 0 Å². The number of nitrogens with two attached hydrogens (primary N) is 1. The fourth-order valence-electron chi connectivity index (χ4n) is 2.54. The summed E-state index contributed by atoms with van der Waals surface area (Å²) in [5.74, 6) is 0.559. The number of fused-ring (bicyclic) bond motifs is 1. The average Bonchev–Trinajstić information content (AvgIpc) is 2.96. The first-order chi connectivity index (χ1) is 12.1. The number of imidazole rings is 1. The Morgan fingerprint density at radius 1 is 1.36 bits per heavy atom. The Morgan fingerprint density at radius 3 is 2.88 bits per heavy atom. The molecule has 0 aliphatic rings. The molecule has 3 N–H and O–H groups in total. The Balaban J connectivity index is 2.01. The quantitative estimate of drug-likeness (QED) is 0.683. The number of hydrogen-bond donors (Lipinski definition) is 2. The van der Waals surface area contributed by atoms with Gasteiger partial charge in [-0.25, -0.2) is 9.97 Å². The summed E-state index contributed by atoms with van der Waals surface area (Å²) < 4.78 is 7.00. The number of methoxy groups -OCH3 is 1. The highest BCUT2D eigenvalue weighted by Crippen LogP contribution is 2.26. The first-order valence-electron chi connectivity index (χ1n) is 7.62. The fraction of sp³-hybridized carbons (Fsp3) is 0.111. The summed E-state index contributed by atoms with van der Waals surface area (Å²) in [5, 5.41) is 3.81. The van der Waals surface area contributed by atoms with Crippen LogP contribution in [0.3, 0.4) is 0 Å². The topological polar surface area (TPSA) is 77.5 Å². The third-order valence-electron chi connectivity index (χ3n) is 3.67. The summed E-state index contributed by atoms with van der Waals surface area (Å²) in [4.78, 5) is 8.72. The number of rotatable bonds is 5. The maximum Gasteiger partial charge on any atom is 0.213 e. The predicted molar refractivity (Wildman–Crippen MR) is 101 cm³/mol. The highest BCUT2D eigenvalue weighted by atomic mass is 35.5. The Hall–Kier alpha value is -2.99. The molecule has 6 nitrogen and oxygen atoms in total. The lowest BCUT2D eigenvalue weighted by molar-refractivity contribution is 0.398. The summed E-state index contributed by atoms with van der Waals surface area (Å²) in [6.45, 7) is 1.94. The maximum absolute atomic E-state index is 6.24. The summed E-state index contributed by atoms with van der Waals surface area (Å²) in [6, 6.07) is 7.36. The SMILES string of the molecule is COc1ccc(N/C=C(\C=C\N)c2c(C)nc3c(Cl)cccn23)cn1. The van der Waals surface area contributed by atoms with Gasteiger partial charge in [-0.05, 0) is 37.4 Å². The number of allylic oxidation sites excluding steroid dienone is 2. The number of aryl methyl sites for hydroxylation is 1. The third kappa shape index (κ3) is 3.44. The van der Waals surface area contributed by atoms with Crippen LogP contribution in [-0.2, 0) is 0 Å². The van der Waals surface area contributed by atoms with E-state index >= 15 is 0 Å². The Labute approximate surface area is 150 Å². The molecule has 0 amide bonds. The molecule has 3 aromatic rings. The third-order valence-corrected chi connectivity index (χ3v) is 3.96. The van der Waals surface area contributed by atoms with Crippen LogP contribution in [0.15, 0.2) is 55.1 Å². The van der Waals surface area contributed by atoms with Crippen molar-refractivity contribution in [2.24, 2.45) is 5.73 Å². The standard InChI is InChI=1S/C18H18ClN5O/c1-12-17(24-9-3-4-15(19)18(24)23-12)13(7-8-20)10-21-14-5-6-16(25-2)22-11-14/h3-11,21H,20H2,1-2H3/b8-7+,13-10+. The highest BCUT2D eigenvalue weighted by molar-refractivity contribution is 6.33. The smallest absolute Gasteiger partial charge is 0.213 e. The molecular weight excluding hydrogens is 338 g/mol. The first-order valence-corrected chi connectivity index (χ1v) is 8.00. The van der Waals surface area contributed by atoms with E-state index < -0.39 is 0 Å². The van der Waals surface area contributed by atoms with Gasteiger partial charge >= 0.3 is 0 Å². The molecular formula is C18H18ClN5O. The molecule has 0 radical (unpaired) electrons. The van der Waals surface area contributed by atoms with E-state index in [1.54, 1.807) is 25.4 Å². The zero-order valence-electron chi connectivity index (χ0n) is 13.9. The van der Waals surface area contributed by atoms with Gasteiger partial charge in [0.1, 0.15) is 0 Å². The number of aromatic nitrogens is 3. The number of pyridine rings is 2. The van der Waals surface area contributed by atoms with Gasteiger partial charge in [-0.3, -0.25) is 4.40 Å². The zero-order valence-corrected chi connectivity index (χ0v) is 14.7. The van der Waals surface area contributed by atoms with E-state index in [0.717, 1.165) is 22.6 Å². The second-order valence-electron chi connectivity index (χ2n) is 5.29. The van der Waals surface area contributed by atoms with Crippen LogP contribution in [0.2, 0.25) is 5.02 Å². The van der Waals surface area contributed by atoms with Gasteiger partial charge in [-0.1, -0.05) is 11.6 Å². The number of nitrogens with zero attached hydrogens (tertiary/aromatic N) is 3. The fourth-order valence-corrected chi connectivity index (χ4v) is 2.75. The van der Waals surface area contributed by atoms with Crippen LogP contribution in [0, 0.1) is 6.92 Å². The number of hydrogen-bond acceptors (Lipinski definition) is 5. The summed E-state index contributed by atoms with van der Waals surface area (Å²) in [5.41, 5.74) is 9.80. The molecule has 0 fully saturated rings. The molecule has 0 spiro atoms. The molecule has 7 heteroatoms. The predicted octanol–water partition coefficient (Wildman–Crippen LogP) is 3.63. The Bertz CT molecular complexity index is 944. The maximum atomic E-state index is 6.24. The van der Waals surface area contributed by atoms with Crippen LogP contribution >= 0.6 is 11.6 Å². The van der Waals surface area contributed by atoms with Crippen molar-refractivity contribution >= 4 is 28.5 Å². The van der Waals surface area contributed by atoms with E-state index in [2.05, 4.69) is 15.3 Å². The molecule has 0 aromatic carbocycles. The molecule has 128 valence electrons. The summed E-state index contributed by atoms with van der Waals surface area (Å²) >= 11 is 6.24. The number of anilines is 1. The van der Waals surface area contributed by atoms with Gasteiger partial charge in [0.05, 0.1) is 35.4 Å². The van der Waals surface area contributed by atoms with Crippen LogP contribution in [-0.4, -0.2) is 21.5 Å². The molecule has 3 aromatic heterocycles. The molecule has 3 rings (SSSR count). The van der Waals surface area contributed by atoms with Gasteiger partial charge in [-0.2, -0.15) is 0 Å². The average molecular weight is 356 g/mol. The van der Waals surface area contributed by atoms with E-state index in [-0.39, 0.29) is 0 Å². The summed E-state index contributed by atoms with van der Waals surface area (Å²) in [6.07, 6.45) is 8.76. The molecule has 0 aliphatic heterocycles. The van der Waals surface area contributed by atoms with Crippen LogP contribution in [0.5, 0.6) is 5.88 Å². The largest absolute Gasteiger partial charge is 0.481 e. The zero-order chi connectivity index (χ0) is 17.8. The van der Waals surface area contributed by atoms with Gasteiger partial charge < -0.3 is 15.8 Å². The van der Waals surface area contributed by atoms with Crippen molar-refractivity contribution in [1.29, 1.82) is 0 Å². The van der Waals surface area contributed by atoms with Crippen molar-refractivity contribution in [2.75, 3.05) is 12.4 Å². The minimum atomic E-state index is 0.559. The van der Waals surface area contributed by atoms with Crippen molar-refractivity contribution in [3.8, 4) is 5.88 Å². The number of ether oxygens (including phenoxy) is 1. The molecule has 0 bridgehead atoms. The van der Waals surface area contributed by atoms with Crippen LogP contribution in [0.25, 0.3) is 11.2 Å². The van der Waals surface area contributed by atoms with Crippen molar-refractivity contribution in [2.45, 2.75) is 6.92 Å². The number of halogens is 1. The molecule has 0 saturated heterocycles. The molecule has 0 aliphatic carbocycles. The van der Waals surface area contributed by atoms with E-state index in [9.17, 15) is 0 Å². The lowest BCUT2D eigenvalue weighted by Gasteiger charge is -2.07. The van der Waals surface area contributed by atoms with E-state index in [4.69, 9.17) is 22.1 Å². The van der Waals surface area contributed by atoms with Gasteiger partial charge in [-0.15, -0.1) is 0 Å². The molecule has 3 heterocycles. The molecule has 0 unspecified atom stereocenters. The van der Waals surface area contributed by atoms with E-state index in [1.807, 2.05) is 41.9 Å². The minimum absolute atomic E-state index is 0.559. The Morgan fingerprint density at radius 2 is 2.20 bits per heavy atom. The van der Waals surface area contributed by atoms with Crippen LogP contribution in [0.4, 0.5) is 5.69 Å². The monoisotopic (exact) mass is 355 g/mol. The van der Waals surface area contributed by atoms with Gasteiger partial charge in [0, 0.05) is 24.0 Å². The lowest BCUT2D eigenvalue weighted by atomic mass is 10.1. The lowest BCUT2D eigenvalue weighted by Crippen LogP contribution is -1.97. The molecule has 0 atom stereocenters. The second-order valence-corrected chi connectivity index (χ2v) is 5.70. The van der Waals surface area contributed by atoms with Crippen molar-refractivity contribution < 1.29 is 4.74 Å².